The molecule has 1 aromatic carbocycles. The molecule has 0 saturated heterocycles. The second kappa shape index (κ2) is 22.6. The molecule has 3 heteroatoms. The fourth-order valence-corrected chi connectivity index (χ4v) is 0.385. The van der Waals surface area contributed by atoms with Gasteiger partial charge in [-0.3, -0.25) is 0 Å². The minimum atomic E-state index is 0. The van der Waals surface area contributed by atoms with Gasteiger partial charge in [0.05, 0.1) is 0 Å². The Kier molecular flexibility index (Phi) is 46.9. The number of hydrogen-bond acceptors (Lipinski definition) is 1. The molecule has 0 saturated carbocycles. The third kappa shape index (κ3) is 18.5. The summed E-state index contributed by atoms with van der Waals surface area (Å²) in [7, 11) is 0. The zero-order chi connectivity index (χ0) is 6.24. The zero-order valence-electron chi connectivity index (χ0n) is 7.10. The second-order valence-corrected chi connectivity index (χ2v) is 1.15. The maximum Gasteiger partial charge on any atom is 0 e. The van der Waals surface area contributed by atoms with Crippen molar-refractivity contribution in [1.82, 2.24) is 6.15 Å². The Labute approximate surface area is 125 Å². The van der Waals surface area contributed by atoms with E-state index >= 15 is 0 Å². The molecule has 63 valence electrons. The van der Waals surface area contributed by atoms with Gasteiger partial charge in [-0.1, -0.05) is 50.2 Å². The number of rotatable bonds is 0. The van der Waals surface area contributed by atoms with Crippen molar-refractivity contribution in [2.45, 2.75) is 13.8 Å². The van der Waals surface area contributed by atoms with Crippen LogP contribution < -0.4 is 6.15 Å². The Morgan fingerprint density at radius 1 is 0.636 bits per heavy atom. The topological polar surface area (TPSA) is 35.0 Å². The molecule has 0 spiro atoms. The fourth-order valence-electron chi connectivity index (χ4n) is 0.385. The van der Waals surface area contributed by atoms with Crippen LogP contribution in [0.3, 0.4) is 0 Å². The predicted molar refractivity (Wildman–Crippen MR) is 42.8 cm³/mol. The average Bonchev–Trinajstić information content (AvgIpc) is 1.96. The maximum absolute atomic E-state index is 2.00. The summed E-state index contributed by atoms with van der Waals surface area (Å²) in [6, 6.07) is 12.0. The summed E-state index contributed by atoms with van der Waals surface area (Å²) in [5.74, 6) is 0. The normalized spacial score (nSPS) is 4.91. The first kappa shape index (κ1) is 22.9. The Morgan fingerprint density at radius 2 is 0.727 bits per heavy atom. The van der Waals surface area contributed by atoms with Crippen molar-refractivity contribution in [2.75, 3.05) is 0 Å². The molecular formula is C8H15ArNY. The molecule has 1 radical (unpaired) electrons. The van der Waals surface area contributed by atoms with E-state index in [1.54, 1.807) is 0 Å². The van der Waals surface area contributed by atoms with Gasteiger partial charge in [-0.2, -0.15) is 0 Å². The standard InChI is InChI=1S/C6H6.C2H6.Ar.H3N.Y/c1-2-4-6-5-3-1;1-2;;;/h1-6H;1-2H3;;1H3;. The molecule has 0 aliphatic rings. The monoisotopic (exact) mass is 254 g/mol. The van der Waals surface area contributed by atoms with Gasteiger partial charge in [0.1, 0.15) is 0 Å². The molecule has 0 aliphatic heterocycles. The van der Waals surface area contributed by atoms with Crippen molar-refractivity contribution < 1.29 is 70.4 Å². The van der Waals surface area contributed by atoms with E-state index in [1.807, 2.05) is 50.2 Å². The van der Waals surface area contributed by atoms with E-state index in [1.165, 1.54) is 0 Å². The van der Waals surface area contributed by atoms with Crippen molar-refractivity contribution >= 4 is 0 Å². The third-order valence-electron chi connectivity index (χ3n) is 0.667. The van der Waals surface area contributed by atoms with Crippen LogP contribution in [0.25, 0.3) is 0 Å². The van der Waals surface area contributed by atoms with Crippen LogP contribution in [0.1, 0.15) is 13.8 Å². The zero-order valence-corrected chi connectivity index (χ0v) is 10.6. The summed E-state index contributed by atoms with van der Waals surface area (Å²) in [5.41, 5.74) is 0. The van der Waals surface area contributed by atoms with E-state index in [0.717, 1.165) is 0 Å². The van der Waals surface area contributed by atoms with Crippen LogP contribution >= 0.6 is 0 Å². The fraction of sp³-hybridized carbons (Fsp3) is 0.250. The summed E-state index contributed by atoms with van der Waals surface area (Å²) in [5, 5.41) is 0. The van der Waals surface area contributed by atoms with Crippen molar-refractivity contribution in [3.8, 4) is 0 Å². The summed E-state index contributed by atoms with van der Waals surface area (Å²) < 4.78 is 0. The Balaban J connectivity index is -0.0000000459. The van der Waals surface area contributed by atoms with Crippen LogP contribution in [-0.4, -0.2) is 0 Å². The van der Waals surface area contributed by atoms with E-state index in [0.29, 0.717) is 0 Å². The SMILES string of the molecule is CC.N.[Ar].[Y].c1ccccc1. The van der Waals surface area contributed by atoms with Crippen LogP contribution in [0.5, 0.6) is 0 Å². The summed E-state index contributed by atoms with van der Waals surface area (Å²) >= 11 is 0. The van der Waals surface area contributed by atoms with E-state index in [9.17, 15) is 0 Å². The van der Waals surface area contributed by atoms with Gasteiger partial charge in [0.15, 0.2) is 0 Å². The van der Waals surface area contributed by atoms with Gasteiger partial charge >= 0.3 is 0 Å². The van der Waals surface area contributed by atoms with Crippen LogP contribution in [-0.2, 0) is 32.7 Å². The molecule has 0 heterocycles. The molecular weight excluding hydrogens is 239 g/mol. The number of benzene rings is 1. The molecule has 3 N–H and O–H groups in total. The smallest absolute Gasteiger partial charge is 0 e. The van der Waals surface area contributed by atoms with Gasteiger partial charge in [0, 0.05) is 70.4 Å². The largest absolute Gasteiger partial charge is 0.344 e. The van der Waals surface area contributed by atoms with Crippen molar-refractivity contribution in [3.63, 3.8) is 0 Å². The molecule has 0 aromatic heterocycles. The molecule has 0 atom stereocenters. The minimum absolute atomic E-state index is 0. The van der Waals surface area contributed by atoms with E-state index in [-0.39, 0.29) is 76.6 Å². The molecule has 11 heavy (non-hydrogen) atoms. The summed E-state index contributed by atoms with van der Waals surface area (Å²) in [6.07, 6.45) is 0. The van der Waals surface area contributed by atoms with Crippen LogP contribution in [0, 0.1) is 37.7 Å². The van der Waals surface area contributed by atoms with Crippen molar-refractivity contribution in [1.29, 1.82) is 0 Å². The first-order valence-electron chi connectivity index (χ1n) is 3.00. The Hall–Kier alpha value is 1.54. The van der Waals surface area contributed by atoms with Crippen LogP contribution in [0.2, 0.25) is 0 Å². The molecule has 0 unspecified atom stereocenters. The summed E-state index contributed by atoms with van der Waals surface area (Å²) in [6.45, 7) is 4.00. The predicted octanol–water partition coefficient (Wildman–Crippen LogP) is 2.87. The Bertz CT molecular complexity index is 86.0. The molecule has 0 bridgehead atoms. The van der Waals surface area contributed by atoms with E-state index in [2.05, 4.69) is 0 Å². The quantitative estimate of drug-likeness (QED) is 0.759. The van der Waals surface area contributed by atoms with Gasteiger partial charge < -0.3 is 6.15 Å². The van der Waals surface area contributed by atoms with E-state index < -0.39 is 0 Å². The molecule has 1 aromatic rings. The minimum Gasteiger partial charge on any atom is -0.344 e. The van der Waals surface area contributed by atoms with Gasteiger partial charge in [-0.25, -0.2) is 0 Å². The first-order valence-corrected chi connectivity index (χ1v) is 3.00. The van der Waals surface area contributed by atoms with Gasteiger partial charge in [0.2, 0.25) is 0 Å². The average molecular weight is 254 g/mol. The van der Waals surface area contributed by atoms with Crippen molar-refractivity contribution in [2.24, 2.45) is 0 Å². The van der Waals surface area contributed by atoms with Crippen molar-refractivity contribution in [3.05, 3.63) is 36.4 Å². The van der Waals surface area contributed by atoms with E-state index in [4.69, 9.17) is 0 Å². The molecule has 0 fully saturated rings. The van der Waals surface area contributed by atoms with Crippen LogP contribution in [0.15, 0.2) is 36.4 Å². The summed E-state index contributed by atoms with van der Waals surface area (Å²) in [4.78, 5) is 0. The molecule has 0 aliphatic carbocycles. The van der Waals surface area contributed by atoms with Gasteiger partial charge in [-0.15, -0.1) is 0 Å². The molecule has 1 rings (SSSR count). The molecule has 0 amide bonds. The van der Waals surface area contributed by atoms with Gasteiger partial charge in [-0.05, 0) is 0 Å². The maximum atomic E-state index is 2.00. The second-order valence-electron chi connectivity index (χ2n) is 1.15. The first-order chi connectivity index (χ1) is 4.00. The third-order valence-corrected chi connectivity index (χ3v) is 0.667. The van der Waals surface area contributed by atoms with Gasteiger partial charge in [0.25, 0.3) is 0 Å². The molecule has 1 nitrogen and oxygen atoms in total. The number of hydrogen-bond donors (Lipinski definition) is 1. The Morgan fingerprint density at radius 3 is 0.818 bits per heavy atom. The van der Waals surface area contributed by atoms with Crippen LogP contribution in [0.4, 0.5) is 0 Å².